The summed E-state index contributed by atoms with van der Waals surface area (Å²) in [6.45, 7) is 7.78. The predicted octanol–water partition coefficient (Wildman–Crippen LogP) is 3.62. The summed E-state index contributed by atoms with van der Waals surface area (Å²) >= 11 is 0. The van der Waals surface area contributed by atoms with Gasteiger partial charge in [0.15, 0.2) is 0 Å². The predicted molar refractivity (Wildman–Crippen MR) is 118 cm³/mol. The summed E-state index contributed by atoms with van der Waals surface area (Å²) in [5.41, 5.74) is 1.84. The van der Waals surface area contributed by atoms with Gasteiger partial charge in [-0.25, -0.2) is 4.90 Å². The van der Waals surface area contributed by atoms with Crippen molar-refractivity contribution in [2.75, 3.05) is 4.90 Å². The van der Waals surface area contributed by atoms with Crippen molar-refractivity contribution in [3.8, 4) is 0 Å². The van der Waals surface area contributed by atoms with E-state index in [1.54, 1.807) is 24.3 Å². The zero-order chi connectivity index (χ0) is 22.5. The van der Waals surface area contributed by atoms with E-state index in [9.17, 15) is 19.5 Å². The zero-order valence-corrected chi connectivity index (χ0v) is 18.3. The molecule has 2 aromatic carbocycles. The molecule has 6 nitrogen and oxygen atoms in total. The van der Waals surface area contributed by atoms with Crippen molar-refractivity contribution in [2.45, 2.75) is 45.7 Å². The van der Waals surface area contributed by atoms with Gasteiger partial charge in [-0.3, -0.25) is 19.7 Å². The lowest BCUT2D eigenvalue weighted by Crippen LogP contribution is -2.56. The zero-order valence-electron chi connectivity index (χ0n) is 18.3. The van der Waals surface area contributed by atoms with Gasteiger partial charge >= 0.3 is 5.97 Å². The van der Waals surface area contributed by atoms with Gasteiger partial charge in [-0.2, -0.15) is 0 Å². The molecule has 0 saturated carbocycles. The molecule has 0 aliphatic carbocycles. The Balaban J connectivity index is 1.90. The molecule has 0 radical (unpaired) electrons. The van der Waals surface area contributed by atoms with Crippen LogP contribution in [0.5, 0.6) is 0 Å². The maximum Gasteiger partial charge on any atom is 0.324 e. The van der Waals surface area contributed by atoms with Crippen molar-refractivity contribution < 1.29 is 19.5 Å². The molecule has 2 amide bonds. The molecule has 0 spiro atoms. The number of carboxylic acid groups (broad SMARTS) is 1. The summed E-state index contributed by atoms with van der Waals surface area (Å²) in [7, 11) is 0. The summed E-state index contributed by atoms with van der Waals surface area (Å²) in [6.07, 6.45) is 0.256. The third-order valence-corrected chi connectivity index (χ3v) is 6.55. The van der Waals surface area contributed by atoms with Crippen molar-refractivity contribution in [1.82, 2.24) is 5.32 Å². The number of hydrogen-bond acceptors (Lipinski definition) is 4. The first-order valence-electron chi connectivity index (χ1n) is 10.7. The Labute approximate surface area is 182 Å². The average Bonchev–Trinajstić information content (AvgIpc) is 3.18. The first kappa shape index (κ1) is 21.2. The fourth-order valence-electron chi connectivity index (χ4n) is 5.31. The number of para-hydroxylation sites is 1. The molecule has 4 unspecified atom stereocenters. The lowest BCUT2D eigenvalue weighted by Gasteiger charge is -2.32. The molecule has 2 saturated heterocycles. The van der Waals surface area contributed by atoms with Crippen molar-refractivity contribution in [3.63, 3.8) is 0 Å². The van der Waals surface area contributed by atoms with E-state index in [1.807, 2.05) is 52.0 Å². The van der Waals surface area contributed by atoms with E-state index in [2.05, 4.69) is 5.32 Å². The third kappa shape index (κ3) is 3.26. The van der Waals surface area contributed by atoms with Gasteiger partial charge in [-0.1, -0.05) is 55.8 Å². The molecular weight excluding hydrogens is 392 g/mol. The Hall–Kier alpha value is -2.99. The molecule has 2 fully saturated rings. The molecule has 31 heavy (non-hydrogen) atoms. The van der Waals surface area contributed by atoms with Gasteiger partial charge in [0.05, 0.1) is 17.5 Å². The molecule has 2 aliphatic rings. The number of carboxylic acids is 1. The fourth-order valence-corrected chi connectivity index (χ4v) is 5.31. The van der Waals surface area contributed by atoms with E-state index >= 15 is 0 Å². The number of nitrogens with one attached hydrogen (secondary N) is 1. The Morgan fingerprint density at radius 1 is 1.10 bits per heavy atom. The van der Waals surface area contributed by atoms with Crippen molar-refractivity contribution in [2.24, 2.45) is 17.8 Å². The molecule has 0 bridgehead atoms. The Kier molecular flexibility index (Phi) is 5.21. The first-order chi connectivity index (χ1) is 14.7. The number of carbonyl (C=O) groups excluding carboxylic acids is 2. The van der Waals surface area contributed by atoms with E-state index in [0.29, 0.717) is 5.69 Å². The smallest absolute Gasteiger partial charge is 0.324 e. The molecule has 6 heteroatoms. The molecule has 0 aromatic heterocycles. The lowest BCUT2D eigenvalue weighted by molar-refractivity contribution is -0.149. The van der Waals surface area contributed by atoms with Crippen LogP contribution < -0.4 is 10.2 Å². The van der Waals surface area contributed by atoms with Crippen LogP contribution >= 0.6 is 0 Å². The highest BCUT2D eigenvalue weighted by molar-refractivity contribution is 6.24. The summed E-state index contributed by atoms with van der Waals surface area (Å²) in [4.78, 5) is 41.1. The standard InChI is InChI=1S/C25H28N2O4/c1-14(2)13-25(24(30)31)20-19(21(26-25)18-12-15(3)10-11-16(18)4)22(28)27(23(20)29)17-8-6-5-7-9-17/h5-12,14,19-21,26H,13H2,1-4H3,(H,30,31). The fraction of sp³-hybridized carbons (Fsp3) is 0.400. The lowest BCUT2D eigenvalue weighted by atomic mass is 9.75. The average molecular weight is 421 g/mol. The van der Waals surface area contributed by atoms with E-state index < -0.39 is 35.3 Å². The van der Waals surface area contributed by atoms with Gasteiger partial charge in [-0.05, 0) is 49.4 Å². The second kappa shape index (κ2) is 7.61. The van der Waals surface area contributed by atoms with Crippen LogP contribution in [-0.4, -0.2) is 28.4 Å². The number of benzene rings is 2. The molecule has 162 valence electrons. The number of anilines is 1. The Bertz CT molecular complexity index is 1050. The largest absolute Gasteiger partial charge is 0.480 e. The van der Waals surface area contributed by atoms with Crippen LogP contribution in [0, 0.1) is 31.6 Å². The molecule has 2 N–H and O–H groups in total. The third-order valence-electron chi connectivity index (χ3n) is 6.55. The molecule has 4 atom stereocenters. The van der Waals surface area contributed by atoms with Crippen LogP contribution in [0.15, 0.2) is 48.5 Å². The summed E-state index contributed by atoms with van der Waals surface area (Å²) in [5.74, 6) is -3.58. The summed E-state index contributed by atoms with van der Waals surface area (Å²) < 4.78 is 0. The van der Waals surface area contributed by atoms with E-state index in [1.165, 1.54) is 4.90 Å². The summed E-state index contributed by atoms with van der Waals surface area (Å²) in [6, 6.07) is 14.2. The van der Waals surface area contributed by atoms with Crippen molar-refractivity contribution in [3.05, 3.63) is 65.2 Å². The Morgan fingerprint density at radius 3 is 2.39 bits per heavy atom. The van der Waals surface area contributed by atoms with Gasteiger partial charge in [0.2, 0.25) is 11.8 Å². The maximum absolute atomic E-state index is 13.6. The summed E-state index contributed by atoms with van der Waals surface area (Å²) in [5, 5.41) is 13.7. The van der Waals surface area contributed by atoms with Gasteiger partial charge < -0.3 is 5.11 Å². The van der Waals surface area contributed by atoms with Gasteiger partial charge in [0.1, 0.15) is 5.54 Å². The SMILES string of the molecule is Cc1ccc(C)c(C2NC(CC(C)C)(C(=O)O)C3C(=O)N(c4ccccc4)C(=O)C23)c1. The minimum absolute atomic E-state index is 0.0234. The van der Waals surface area contributed by atoms with Crippen LogP contribution in [0.25, 0.3) is 0 Å². The van der Waals surface area contributed by atoms with Crippen LogP contribution in [0.1, 0.15) is 43.0 Å². The van der Waals surface area contributed by atoms with E-state index in [4.69, 9.17) is 0 Å². The van der Waals surface area contributed by atoms with Crippen LogP contribution in [0.3, 0.4) is 0 Å². The number of aryl methyl sites for hydroxylation is 2. The quantitative estimate of drug-likeness (QED) is 0.722. The molecule has 2 aromatic rings. The number of rotatable bonds is 5. The number of aliphatic carboxylic acids is 1. The van der Waals surface area contributed by atoms with Crippen LogP contribution in [0.2, 0.25) is 0 Å². The van der Waals surface area contributed by atoms with Gasteiger partial charge in [-0.15, -0.1) is 0 Å². The molecule has 2 heterocycles. The highest BCUT2D eigenvalue weighted by Gasteiger charge is 2.68. The minimum atomic E-state index is -1.50. The first-order valence-corrected chi connectivity index (χ1v) is 10.7. The second-order valence-electron chi connectivity index (χ2n) is 9.21. The number of amides is 2. The minimum Gasteiger partial charge on any atom is -0.480 e. The number of hydrogen-bond donors (Lipinski definition) is 2. The van der Waals surface area contributed by atoms with E-state index in [-0.39, 0.29) is 18.2 Å². The van der Waals surface area contributed by atoms with Crippen LogP contribution in [-0.2, 0) is 14.4 Å². The van der Waals surface area contributed by atoms with Crippen molar-refractivity contribution in [1.29, 1.82) is 0 Å². The van der Waals surface area contributed by atoms with Crippen LogP contribution in [0.4, 0.5) is 5.69 Å². The van der Waals surface area contributed by atoms with Crippen molar-refractivity contribution >= 4 is 23.5 Å². The highest BCUT2D eigenvalue weighted by Crippen LogP contribution is 2.52. The topological polar surface area (TPSA) is 86.7 Å². The molecule has 2 aliphatic heterocycles. The second-order valence-corrected chi connectivity index (χ2v) is 9.21. The highest BCUT2D eigenvalue weighted by atomic mass is 16.4. The monoisotopic (exact) mass is 420 g/mol. The number of fused-ring (bicyclic) bond motifs is 1. The number of carbonyl (C=O) groups is 3. The Morgan fingerprint density at radius 2 is 1.77 bits per heavy atom. The van der Waals surface area contributed by atoms with E-state index in [0.717, 1.165) is 16.7 Å². The number of imide groups is 1. The maximum atomic E-state index is 13.6. The van der Waals surface area contributed by atoms with Gasteiger partial charge in [0, 0.05) is 6.04 Å². The normalized spacial score (nSPS) is 27.8. The molecular formula is C25H28N2O4. The van der Waals surface area contributed by atoms with Gasteiger partial charge in [0.25, 0.3) is 0 Å². The number of nitrogens with zero attached hydrogens (tertiary/aromatic N) is 1. The molecule has 4 rings (SSSR count).